The van der Waals surface area contributed by atoms with Crippen molar-refractivity contribution in [2.45, 2.75) is 0 Å². The van der Waals surface area contributed by atoms with Gasteiger partial charge in [0.05, 0.1) is 23.2 Å². The number of methoxy groups -OCH3 is 1. The topological polar surface area (TPSA) is 58.6 Å². The van der Waals surface area contributed by atoms with Gasteiger partial charge in [0, 0.05) is 11.4 Å². The molecule has 0 spiro atoms. The number of carbonyl (C=O) groups is 1. The molecule has 21 heavy (non-hydrogen) atoms. The second kappa shape index (κ2) is 6.88. The lowest BCUT2D eigenvalue weighted by Crippen LogP contribution is -2.11. The number of benzene rings is 1. The van der Waals surface area contributed by atoms with Crippen molar-refractivity contribution in [2.24, 2.45) is 0 Å². The van der Waals surface area contributed by atoms with Crippen LogP contribution in [0.2, 0.25) is 0 Å². The number of halogens is 1. The minimum Gasteiger partial charge on any atom is -0.496 e. The Bertz CT molecular complexity index is 715. The first-order valence-corrected chi connectivity index (χ1v) is 6.85. The minimum atomic E-state index is -0.465. The monoisotopic (exact) mass is 305 g/mol. The summed E-state index contributed by atoms with van der Waals surface area (Å²) in [5, 5.41) is 13.1. The maximum atomic E-state index is 13.2. The van der Waals surface area contributed by atoms with Gasteiger partial charge in [-0.2, -0.15) is 0 Å². The zero-order valence-electron chi connectivity index (χ0n) is 11.1. The van der Waals surface area contributed by atoms with Crippen molar-refractivity contribution in [3.05, 3.63) is 45.9 Å². The summed E-state index contributed by atoms with van der Waals surface area (Å²) in [5.41, 5.74) is 0.690. The standard InChI is InChI=1S/C15H12FNO3S/c1-20-12-8-14(21-9-12)15(19)17-13-5-4-11(16)7-10(13)3-2-6-18/h4-5,7-9,18H,6H2,1H3,(H,17,19). The van der Waals surface area contributed by atoms with Crippen LogP contribution in [0.1, 0.15) is 15.2 Å². The number of hydrogen-bond acceptors (Lipinski definition) is 4. The largest absolute Gasteiger partial charge is 0.496 e. The van der Waals surface area contributed by atoms with Crippen LogP contribution < -0.4 is 10.1 Å². The molecule has 1 aromatic heterocycles. The Morgan fingerprint density at radius 2 is 2.29 bits per heavy atom. The van der Waals surface area contributed by atoms with Crippen molar-refractivity contribution >= 4 is 22.9 Å². The fourth-order valence-electron chi connectivity index (χ4n) is 1.59. The third-order valence-electron chi connectivity index (χ3n) is 2.57. The van der Waals surface area contributed by atoms with Crippen molar-refractivity contribution < 1.29 is 19.0 Å². The Labute approximate surface area is 125 Å². The molecule has 0 aliphatic heterocycles. The van der Waals surface area contributed by atoms with E-state index in [1.165, 1.54) is 36.6 Å². The van der Waals surface area contributed by atoms with Gasteiger partial charge in [-0.25, -0.2) is 4.39 Å². The van der Waals surface area contributed by atoms with E-state index in [0.29, 0.717) is 21.9 Å². The van der Waals surface area contributed by atoms with Crippen LogP contribution in [0.25, 0.3) is 0 Å². The third-order valence-corrected chi connectivity index (χ3v) is 3.47. The van der Waals surface area contributed by atoms with E-state index in [0.717, 1.165) is 0 Å². The van der Waals surface area contributed by atoms with Gasteiger partial charge in [-0.3, -0.25) is 4.79 Å². The molecule has 4 nitrogen and oxygen atoms in total. The summed E-state index contributed by atoms with van der Waals surface area (Å²) in [4.78, 5) is 12.6. The average Bonchev–Trinajstić information content (AvgIpc) is 2.96. The molecule has 0 aliphatic carbocycles. The summed E-state index contributed by atoms with van der Waals surface area (Å²) in [5.74, 6) is 4.83. The molecular formula is C15H12FNO3S. The zero-order valence-corrected chi connectivity index (χ0v) is 12.0. The molecule has 0 unspecified atom stereocenters. The maximum Gasteiger partial charge on any atom is 0.265 e. The Balaban J connectivity index is 2.24. The summed E-state index contributed by atoms with van der Waals surface area (Å²) in [6.07, 6.45) is 0. The van der Waals surface area contributed by atoms with Crippen LogP contribution in [-0.2, 0) is 0 Å². The zero-order chi connectivity index (χ0) is 15.2. The number of anilines is 1. The molecule has 1 aromatic carbocycles. The number of hydrogen-bond donors (Lipinski definition) is 2. The van der Waals surface area contributed by atoms with Crippen LogP contribution in [-0.4, -0.2) is 24.7 Å². The van der Waals surface area contributed by atoms with E-state index in [9.17, 15) is 9.18 Å². The average molecular weight is 305 g/mol. The number of aliphatic hydroxyl groups excluding tert-OH is 1. The Morgan fingerprint density at radius 1 is 1.48 bits per heavy atom. The van der Waals surface area contributed by atoms with Gasteiger partial charge < -0.3 is 15.2 Å². The highest BCUT2D eigenvalue weighted by atomic mass is 32.1. The maximum absolute atomic E-state index is 13.2. The van der Waals surface area contributed by atoms with Crippen molar-refractivity contribution in [3.8, 4) is 17.6 Å². The molecule has 0 saturated heterocycles. The lowest BCUT2D eigenvalue weighted by Gasteiger charge is -2.06. The van der Waals surface area contributed by atoms with Crippen LogP contribution in [0.3, 0.4) is 0 Å². The molecule has 1 heterocycles. The SMILES string of the molecule is COc1csc(C(=O)Nc2ccc(F)cc2C#CCO)c1. The Hall–Kier alpha value is -2.36. The summed E-state index contributed by atoms with van der Waals surface area (Å²) >= 11 is 1.24. The second-order valence-corrected chi connectivity index (χ2v) is 4.87. The normalized spacial score (nSPS) is 9.67. The van der Waals surface area contributed by atoms with Crippen molar-refractivity contribution in [2.75, 3.05) is 19.0 Å². The smallest absolute Gasteiger partial charge is 0.265 e. The highest BCUT2D eigenvalue weighted by Gasteiger charge is 2.12. The molecule has 0 atom stereocenters. The van der Waals surface area contributed by atoms with Gasteiger partial charge >= 0.3 is 0 Å². The van der Waals surface area contributed by atoms with Gasteiger partial charge in [0.1, 0.15) is 18.2 Å². The van der Waals surface area contributed by atoms with Gasteiger partial charge in [-0.1, -0.05) is 11.8 Å². The van der Waals surface area contributed by atoms with E-state index in [4.69, 9.17) is 9.84 Å². The minimum absolute atomic E-state index is 0.306. The van der Waals surface area contributed by atoms with Gasteiger partial charge in [-0.05, 0) is 18.2 Å². The van der Waals surface area contributed by atoms with Crippen LogP contribution in [0.4, 0.5) is 10.1 Å². The fraction of sp³-hybridized carbons (Fsp3) is 0.133. The van der Waals surface area contributed by atoms with Crippen LogP contribution in [0.15, 0.2) is 29.6 Å². The summed E-state index contributed by atoms with van der Waals surface area (Å²) in [7, 11) is 1.52. The fourth-order valence-corrected chi connectivity index (χ4v) is 2.34. The van der Waals surface area contributed by atoms with Gasteiger partial charge in [0.2, 0.25) is 0 Å². The molecule has 2 N–H and O–H groups in total. The molecule has 6 heteroatoms. The van der Waals surface area contributed by atoms with Crippen molar-refractivity contribution in [3.63, 3.8) is 0 Å². The molecule has 1 amide bonds. The molecule has 2 aromatic rings. The molecule has 0 bridgehead atoms. The van der Waals surface area contributed by atoms with E-state index in [1.54, 1.807) is 11.4 Å². The third kappa shape index (κ3) is 3.81. The highest BCUT2D eigenvalue weighted by Crippen LogP contribution is 2.23. The number of thiophene rings is 1. The molecule has 0 radical (unpaired) electrons. The molecule has 2 rings (SSSR count). The lowest BCUT2D eigenvalue weighted by atomic mass is 10.1. The van der Waals surface area contributed by atoms with Crippen LogP contribution in [0, 0.1) is 17.7 Å². The number of amides is 1. The number of nitrogens with one attached hydrogen (secondary N) is 1. The summed E-state index contributed by atoms with van der Waals surface area (Å²) in [6.45, 7) is -0.341. The van der Waals surface area contributed by atoms with Crippen molar-refractivity contribution in [1.82, 2.24) is 0 Å². The first-order valence-electron chi connectivity index (χ1n) is 5.97. The van der Waals surface area contributed by atoms with E-state index in [2.05, 4.69) is 17.2 Å². The van der Waals surface area contributed by atoms with E-state index >= 15 is 0 Å². The molecule has 0 aliphatic rings. The predicted octanol–water partition coefficient (Wildman–Crippen LogP) is 2.49. The number of rotatable bonds is 3. The van der Waals surface area contributed by atoms with Gasteiger partial charge in [-0.15, -0.1) is 11.3 Å². The second-order valence-electron chi connectivity index (χ2n) is 3.95. The first-order chi connectivity index (χ1) is 10.1. The van der Waals surface area contributed by atoms with E-state index in [-0.39, 0.29) is 12.5 Å². The first kappa shape index (κ1) is 15.0. The van der Waals surface area contributed by atoms with Crippen LogP contribution >= 0.6 is 11.3 Å². The Kier molecular flexibility index (Phi) is 4.93. The van der Waals surface area contributed by atoms with Crippen molar-refractivity contribution in [1.29, 1.82) is 0 Å². The predicted molar refractivity (Wildman–Crippen MR) is 79.2 cm³/mol. The number of aliphatic hydroxyl groups is 1. The van der Waals surface area contributed by atoms with Gasteiger partial charge in [0.25, 0.3) is 5.91 Å². The Morgan fingerprint density at radius 3 is 2.95 bits per heavy atom. The lowest BCUT2D eigenvalue weighted by molar-refractivity contribution is 0.103. The molecular weight excluding hydrogens is 293 g/mol. The highest BCUT2D eigenvalue weighted by molar-refractivity contribution is 7.12. The molecule has 0 saturated carbocycles. The summed E-state index contributed by atoms with van der Waals surface area (Å²) < 4.78 is 18.2. The van der Waals surface area contributed by atoms with Crippen LogP contribution in [0.5, 0.6) is 5.75 Å². The van der Waals surface area contributed by atoms with E-state index < -0.39 is 5.82 Å². The van der Waals surface area contributed by atoms with Gasteiger partial charge in [0.15, 0.2) is 0 Å². The molecule has 0 fully saturated rings. The van der Waals surface area contributed by atoms with E-state index in [1.807, 2.05) is 0 Å². The summed E-state index contributed by atoms with van der Waals surface area (Å²) in [6, 6.07) is 5.48. The number of ether oxygens (including phenoxy) is 1. The number of carbonyl (C=O) groups excluding carboxylic acids is 1. The quantitative estimate of drug-likeness (QED) is 0.857. The molecule has 108 valence electrons.